The van der Waals surface area contributed by atoms with Crippen LogP contribution in [0.4, 0.5) is 8.78 Å². The van der Waals surface area contributed by atoms with Crippen LogP contribution in [0.1, 0.15) is 66.2 Å². The lowest BCUT2D eigenvalue weighted by Gasteiger charge is -2.36. The summed E-state index contributed by atoms with van der Waals surface area (Å²) in [7, 11) is 1.36. The third kappa shape index (κ3) is 7.22. The van der Waals surface area contributed by atoms with Crippen molar-refractivity contribution >= 4 is 15.1 Å². The van der Waals surface area contributed by atoms with Gasteiger partial charge in [-0.15, -0.1) is 0 Å². The second kappa shape index (κ2) is 10.6. The molecule has 2 aromatic rings. The normalized spacial score (nSPS) is 16.7. The summed E-state index contributed by atoms with van der Waals surface area (Å²) in [6.45, 7) is 15.1. The summed E-state index contributed by atoms with van der Waals surface area (Å²) in [6.07, 6.45) is 3.15. The van der Waals surface area contributed by atoms with E-state index in [1.54, 1.807) is 17.0 Å². The number of nitrogens with zero attached hydrogens (tertiary/aromatic N) is 2. The van der Waals surface area contributed by atoms with E-state index in [4.69, 9.17) is 4.74 Å². The molecule has 1 saturated heterocycles. The monoisotopic (exact) mass is 530 g/mol. The van der Waals surface area contributed by atoms with Crippen LogP contribution in [-0.2, 0) is 24.2 Å². The van der Waals surface area contributed by atoms with Gasteiger partial charge < -0.3 is 19.3 Å². The predicted octanol–water partition coefficient (Wildman–Crippen LogP) is 6.50. The van der Waals surface area contributed by atoms with Crippen molar-refractivity contribution in [3.05, 3.63) is 76.7 Å². The maximum Gasteiger partial charge on any atom is 0.408 e. The highest BCUT2D eigenvalue weighted by Crippen LogP contribution is 2.32. The molecule has 0 N–H and O–H groups in total. The number of amides is 1. The summed E-state index contributed by atoms with van der Waals surface area (Å²) in [6, 6.07) is 10.8. The Bertz CT molecular complexity index is 1150. The van der Waals surface area contributed by atoms with Crippen LogP contribution >= 0.6 is 9.24 Å². The van der Waals surface area contributed by atoms with Crippen LogP contribution < -0.4 is 4.74 Å². The maximum atomic E-state index is 13.2. The van der Waals surface area contributed by atoms with Gasteiger partial charge in [-0.3, -0.25) is 4.79 Å². The van der Waals surface area contributed by atoms with E-state index in [1.165, 1.54) is 26.9 Å². The SMILES string of the molecule is C=C(OC(C)(C)C)N1CCC(Cc2cc(C)c3c(c2)CN(Cc2ccc(OC(F)(F)P)cc2)C3=O)CC1. The largest absolute Gasteiger partial charge is 0.474 e. The molecule has 0 saturated carbocycles. The molecule has 37 heavy (non-hydrogen) atoms. The van der Waals surface area contributed by atoms with Gasteiger partial charge in [0.2, 0.25) is 0 Å². The summed E-state index contributed by atoms with van der Waals surface area (Å²) >= 11 is 0. The molecule has 0 spiro atoms. The molecule has 4 rings (SSSR count). The number of fused-ring (bicyclic) bond motifs is 1. The molecule has 2 aromatic carbocycles. The fourth-order valence-corrected chi connectivity index (χ4v) is 5.37. The van der Waals surface area contributed by atoms with Gasteiger partial charge in [0.15, 0.2) is 5.88 Å². The standard InChI is InChI=1S/C29H37F2N2O3P/c1-19-14-23(15-21-10-12-32(13-11-21)20(2)35-28(3,4)5)16-24-18-33(27(34)26(19)24)17-22-6-8-25(9-7-22)36-29(30,31)37/h6-9,14,16,21H,2,10-13,15,17-18,37H2,1,3-5H3. The molecule has 200 valence electrons. The predicted molar refractivity (Wildman–Crippen MR) is 144 cm³/mol. The number of benzene rings is 2. The summed E-state index contributed by atoms with van der Waals surface area (Å²) in [5.41, 5.74) is 4.75. The van der Waals surface area contributed by atoms with Crippen LogP contribution in [-0.4, -0.2) is 40.2 Å². The molecule has 1 unspecified atom stereocenters. The molecule has 0 radical (unpaired) electrons. The number of rotatable bonds is 8. The van der Waals surface area contributed by atoms with E-state index in [2.05, 4.69) is 28.3 Å². The number of piperidine rings is 1. The van der Waals surface area contributed by atoms with E-state index in [-0.39, 0.29) is 17.3 Å². The smallest absolute Gasteiger partial charge is 0.408 e. The fourth-order valence-electron chi connectivity index (χ4n) is 5.23. The van der Waals surface area contributed by atoms with E-state index in [0.29, 0.717) is 19.0 Å². The van der Waals surface area contributed by atoms with Crippen LogP contribution in [0.2, 0.25) is 0 Å². The fraction of sp³-hybridized carbons (Fsp3) is 0.483. The van der Waals surface area contributed by atoms with Crippen LogP contribution in [0.25, 0.3) is 0 Å². The topological polar surface area (TPSA) is 42.0 Å². The second-order valence-corrected chi connectivity index (χ2v) is 11.8. The van der Waals surface area contributed by atoms with E-state index in [9.17, 15) is 13.6 Å². The average Bonchev–Trinajstić information content (AvgIpc) is 3.09. The van der Waals surface area contributed by atoms with E-state index in [1.807, 2.05) is 27.7 Å². The molecule has 1 fully saturated rings. The molecule has 2 aliphatic rings. The number of carbonyl (C=O) groups excluding carboxylic acids is 1. The lowest BCUT2D eigenvalue weighted by atomic mass is 9.88. The summed E-state index contributed by atoms with van der Waals surface area (Å²) in [4.78, 5) is 17.2. The molecule has 8 heteroatoms. The molecular weight excluding hydrogens is 493 g/mol. The van der Waals surface area contributed by atoms with Crippen molar-refractivity contribution < 1.29 is 23.0 Å². The lowest BCUT2D eigenvalue weighted by Crippen LogP contribution is -2.36. The molecule has 1 atom stereocenters. The number of alkyl halides is 2. The van der Waals surface area contributed by atoms with Gasteiger partial charge in [0.25, 0.3) is 5.91 Å². The summed E-state index contributed by atoms with van der Waals surface area (Å²) < 4.78 is 36.6. The molecule has 1 amide bonds. The second-order valence-electron chi connectivity index (χ2n) is 11.2. The van der Waals surface area contributed by atoms with Crippen molar-refractivity contribution in [2.24, 2.45) is 5.92 Å². The van der Waals surface area contributed by atoms with Crippen molar-refractivity contribution in [2.45, 2.75) is 71.5 Å². The average molecular weight is 531 g/mol. The number of aryl methyl sites for hydroxylation is 1. The first-order valence-electron chi connectivity index (χ1n) is 12.8. The number of halogens is 2. The van der Waals surface area contributed by atoms with Crippen LogP contribution in [0.3, 0.4) is 0 Å². The Morgan fingerprint density at radius 2 is 1.76 bits per heavy atom. The van der Waals surface area contributed by atoms with Gasteiger partial charge in [-0.25, -0.2) is 0 Å². The lowest BCUT2D eigenvalue weighted by molar-refractivity contribution is -0.0892. The zero-order valence-electron chi connectivity index (χ0n) is 22.2. The molecule has 0 bridgehead atoms. The minimum Gasteiger partial charge on any atom is -0.474 e. The Labute approximate surface area is 221 Å². The third-order valence-electron chi connectivity index (χ3n) is 6.81. The minimum atomic E-state index is -3.31. The number of hydrogen-bond donors (Lipinski definition) is 0. The molecular formula is C29H37F2N2O3P. The number of ether oxygens (including phenoxy) is 2. The Morgan fingerprint density at radius 3 is 2.35 bits per heavy atom. The first-order chi connectivity index (χ1) is 17.3. The van der Waals surface area contributed by atoms with Gasteiger partial charge in [-0.1, -0.05) is 24.3 Å². The van der Waals surface area contributed by atoms with Crippen LogP contribution in [0.5, 0.6) is 5.75 Å². The van der Waals surface area contributed by atoms with Gasteiger partial charge in [-0.2, -0.15) is 8.78 Å². The van der Waals surface area contributed by atoms with Crippen molar-refractivity contribution in [1.82, 2.24) is 9.80 Å². The highest BCUT2D eigenvalue weighted by atomic mass is 31.0. The van der Waals surface area contributed by atoms with E-state index in [0.717, 1.165) is 60.5 Å². The first-order valence-corrected chi connectivity index (χ1v) is 13.3. The van der Waals surface area contributed by atoms with Gasteiger partial charge in [0.1, 0.15) is 11.4 Å². The quantitative estimate of drug-likeness (QED) is 0.289. The highest BCUT2D eigenvalue weighted by molar-refractivity contribution is 7.17. The van der Waals surface area contributed by atoms with Crippen LogP contribution in [0, 0.1) is 12.8 Å². The first kappa shape index (κ1) is 27.4. The minimum absolute atomic E-state index is 0.0153. The van der Waals surface area contributed by atoms with Gasteiger partial charge in [0, 0.05) is 31.7 Å². The summed E-state index contributed by atoms with van der Waals surface area (Å²) in [5, 5.41) is 0. The Morgan fingerprint density at radius 1 is 1.11 bits per heavy atom. The molecule has 0 aromatic heterocycles. The van der Waals surface area contributed by atoms with Gasteiger partial charge >= 0.3 is 5.85 Å². The number of likely N-dealkylation sites (tertiary alicyclic amines) is 1. The van der Waals surface area contributed by atoms with E-state index < -0.39 is 5.85 Å². The van der Waals surface area contributed by atoms with Crippen LogP contribution in [0.15, 0.2) is 48.9 Å². The van der Waals surface area contributed by atoms with Crippen molar-refractivity contribution in [1.29, 1.82) is 0 Å². The summed E-state index contributed by atoms with van der Waals surface area (Å²) in [5.74, 6) is -1.88. The maximum absolute atomic E-state index is 13.2. The zero-order chi connectivity index (χ0) is 27.0. The van der Waals surface area contributed by atoms with Gasteiger partial charge in [-0.05, 0) is 103 Å². The molecule has 2 heterocycles. The Hall–Kier alpha value is -2.66. The Balaban J connectivity index is 1.35. The van der Waals surface area contributed by atoms with Gasteiger partial charge in [0.05, 0.1) is 0 Å². The van der Waals surface area contributed by atoms with Crippen molar-refractivity contribution in [3.8, 4) is 5.75 Å². The third-order valence-corrected chi connectivity index (χ3v) is 6.92. The number of carbonyl (C=O) groups is 1. The molecule has 5 nitrogen and oxygen atoms in total. The molecule has 0 aliphatic carbocycles. The van der Waals surface area contributed by atoms with E-state index >= 15 is 0 Å². The van der Waals surface area contributed by atoms with Crippen molar-refractivity contribution in [2.75, 3.05) is 13.1 Å². The number of hydrogen-bond acceptors (Lipinski definition) is 4. The molecule has 2 aliphatic heterocycles. The zero-order valence-corrected chi connectivity index (χ0v) is 23.3. The Kier molecular flexibility index (Phi) is 7.85. The van der Waals surface area contributed by atoms with Crippen molar-refractivity contribution in [3.63, 3.8) is 0 Å². The highest BCUT2D eigenvalue weighted by Gasteiger charge is 2.30.